The number of thioether (sulfide) groups is 1. The van der Waals surface area contributed by atoms with E-state index in [0.717, 1.165) is 22.2 Å². The summed E-state index contributed by atoms with van der Waals surface area (Å²) in [6.07, 6.45) is 1.84. The highest BCUT2D eigenvalue weighted by Gasteiger charge is 2.14. The second-order valence-corrected chi connectivity index (χ2v) is 7.82. The Kier molecular flexibility index (Phi) is 5.59. The van der Waals surface area contributed by atoms with E-state index in [1.54, 1.807) is 24.3 Å². The average Bonchev–Trinajstić information content (AvgIpc) is 3.46. The van der Waals surface area contributed by atoms with Crippen molar-refractivity contribution in [2.24, 2.45) is 0 Å². The van der Waals surface area contributed by atoms with Gasteiger partial charge in [0.1, 0.15) is 11.5 Å². The van der Waals surface area contributed by atoms with Crippen molar-refractivity contribution >= 4 is 34.3 Å². The van der Waals surface area contributed by atoms with E-state index in [4.69, 9.17) is 9.15 Å². The number of para-hydroxylation sites is 2. The number of hydrogen-bond acceptors (Lipinski definition) is 6. The van der Waals surface area contributed by atoms with Crippen molar-refractivity contribution in [2.75, 3.05) is 11.1 Å². The van der Waals surface area contributed by atoms with Gasteiger partial charge in [-0.1, -0.05) is 48.2 Å². The summed E-state index contributed by atoms with van der Waals surface area (Å²) in [6, 6.07) is 24.6. The van der Waals surface area contributed by atoms with Crippen molar-refractivity contribution in [1.29, 1.82) is 0 Å². The van der Waals surface area contributed by atoms with Crippen LogP contribution in [0.4, 0.5) is 5.69 Å². The molecule has 8 heteroatoms. The third-order valence-electron chi connectivity index (χ3n) is 4.67. The molecule has 2 N–H and O–H groups in total. The van der Waals surface area contributed by atoms with E-state index >= 15 is 0 Å². The molecular weight excluding hydrogens is 424 g/mol. The number of benzene rings is 3. The Hall–Kier alpha value is -4.04. The van der Waals surface area contributed by atoms with E-state index in [0.29, 0.717) is 22.6 Å². The van der Waals surface area contributed by atoms with Gasteiger partial charge in [0.2, 0.25) is 5.91 Å². The van der Waals surface area contributed by atoms with Gasteiger partial charge >= 0.3 is 0 Å². The number of rotatable bonds is 7. The van der Waals surface area contributed by atoms with Crippen LogP contribution in [0.3, 0.4) is 0 Å². The molecule has 2 heterocycles. The summed E-state index contributed by atoms with van der Waals surface area (Å²) in [5, 5.41) is 12.4. The number of carbonyl (C=O) groups excluding carboxylic acids is 1. The summed E-state index contributed by atoms with van der Waals surface area (Å²) in [4.78, 5) is 15.5. The molecule has 5 rings (SSSR count). The molecule has 32 heavy (non-hydrogen) atoms. The molecule has 7 nitrogen and oxygen atoms in total. The maximum atomic E-state index is 12.3. The number of hydrogen-bond donors (Lipinski definition) is 2. The van der Waals surface area contributed by atoms with E-state index in [1.165, 1.54) is 11.8 Å². The Morgan fingerprint density at radius 2 is 1.69 bits per heavy atom. The number of nitrogens with zero attached hydrogens (tertiary/aromatic N) is 2. The minimum Gasteiger partial charge on any atom is -0.457 e. The minimum absolute atomic E-state index is 0.151. The van der Waals surface area contributed by atoms with Crippen LogP contribution < -0.4 is 10.1 Å². The fourth-order valence-corrected chi connectivity index (χ4v) is 3.74. The molecule has 2 aromatic heterocycles. The summed E-state index contributed by atoms with van der Waals surface area (Å²) in [5.41, 5.74) is 2.51. The van der Waals surface area contributed by atoms with E-state index in [1.807, 2.05) is 60.8 Å². The second-order valence-electron chi connectivity index (χ2n) is 6.90. The highest BCUT2D eigenvalue weighted by atomic mass is 32.2. The van der Waals surface area contributed by atoms with Gasteiger partial charge in [0.15, 0.2) is 0 Å². The van der Waals surface area contributed by atoms with Crippen LogP contribution in [0.5, 0.6) is 11.5 Å². The van der Waals surface area contributed by atoms with Crippen LogP contribution in [0.15, 0.2) is 94.7 Å². The molecule has 0 radical (unpaired) electrons. The number of ether oxygens (including phenoxy) is 1. The van der Waals surface area contributed by atoms with Crippen molar-refractivity contribution in [3.05, 3.63) is 85.1 Å². The lowest BCUT2D eigenvalue weighted by atomic mass is 10.2. The molecule has 0 spiro atoms. The zero-order chi connectivity index (χ0) is 21.8. The zero-order valence-corrected chi connectivity index (χ0v) is 17.6. The van der Waals surface area contributed by atoms with Crippen LogP contribution in [0.25, 0.3) is 22.4 Å². The average molecular weight is 443 g/mol. The SMILES string of the molecule is O=C(CSc1nnc(-c2c[nH]c3ccccc23)o1)Nc1ccc(Oc2ccccc2)cc1. The van der Waals surface area contributed by atoms with Gasteiger partial charge < -0.3 is 19.5 Å². The lowest BCUT2D eigenvalue weighted by Crippen LogP contribution is -2.13. The Balaban J connectivity index is 1.16. The second kappa shape index (κ2) is 8.99. The molecule has 0 atom stereocenters. The monoisotopic (exact) mass is 442 g/mol. The number of aromatic nitrogens is 3. The molecule has 1 amide bonds. The van der Waals surface area contributed by atoms with E-state index in [9.17, 15) is 4.79 Å². The van der Waals surface area contributed by atoms with Gasteiger partial charge in [-0.2, -0.15) is 0 Å². The molecule has 0 aliphatic heterocycles. The normalized spacial score (nSPS) is 10.9. The third kappa shape index (κ3) is 4.50. The first-order valence-corrected chi connectivity index (χ1v) is 10.9. The smallest absolute Gasteiger partial charge is 0.277 e. The quantitative estimate of drug-likeness (QED) is 0.312. The molecular formula is C24H18N4O3S. The molecule has 0 aliphatic rings. The Morgan fingerprint density at radius 1 is 0.938 bits per heavy atom. The number of amides is 1. The van der Waals surface area contributed by atoms with E-state index in [-0.39, 0.29) is 11.7 Å². The minimum atomic E-state index is -0.168. The molecule has 3 aromatic carbocycles. The fourth-order valence-electron chi connectivity index (χ4n) is 3.18. The van der Waals surface area contributed by atoms with Gasteiger partial charge in [0.05, 0.1) is 11.3 Å². The molecule has 0 bridgehead atoms. The lowest BCUT2D eigenvalue weighted by Gasteiger charge is -2.07. The molecule has 158 valence electrons. The standard InChI is InChI=1S/C24H18N4O3S/c29-22(26-16-10-12-18(13-11-16)30-17-6-2-1-3-7-17)15-32-24-28-27-23(31-24)20-14-25-21-9-5-4-8-19(20)21/h1-14,25H,15H2,(H,26,29). The number of anilines is 1. The third-order valence-corrected chi connectivity index (χ3v) is 5.49. The maximum Gasteiger partial charge on any atom is 0.277 e. The first-order chi connectivity index (χ1) is 15.7. The van der Waals surface area contributed by atoms with Crippen LogP contribution >= 0.6 is 11.8 Å². The molecule has 0 aliphatic carbocycles. The number of H-pyrrole nitrogens is 1. The van der Waals surface area contributed by atoms with Gasteiger partial charge in [-0.05, 0) is 42.5 Å². The summed E-state index contributed by atoms with van der Waals surface area (Å²) in [7, 11) is 0. The van der Waals surface area contributed by atoms with Crippen molar-refractivity contribution in [3.63, 3.8) is 0 Å². The maximum absolute atomic E-state index is 12.3. The van der Waals surface area contributed by atoms with Crippen LogP contribution in [-0.4, -0.2) is 26.8 Å². The first-order valence-electron chi connectivity index (χ1n) is 9.90. The number of carbonyl (C=O) groups is 1. The Bertz CT molecular complexity index is 1350. The zero-order valence-electron chi connectivity index (χ0n) is 16.8. The lowest BCUT2D eigenvalue weighted by molar-refractivity contribution is -0.113. The van der Waals surface area contributed by atoms with Gasteiger partial charge in [0.25, 0.3) is 11.1 Å². The van der Waals surface area contributed by atoms with Crippen molar-refractivity contribution in [1.82, 2.24) is 15.2 Å². The topological polar surface area (TPSA) is 93.0 Å². The molecule has 5 aromatic rings. The number of nitrogens with one attached hydrogen (secondary N) is 2. The summed E-state index contributed by atoms with van der Waals surface area (Å²) >= 11 is 1.19. The summed E-state index contributed by atoms with van der Waals surface area (Å²) in [6.45, 7) is 0. The largest absolute Gasteiger partial charge is 0.457 e. The van der Waals surface area contributed by atoms with Crippen molar-refractivity contribution in [3.8, 4) is 23.0 Å². The van der Waals surface area contributed by atoms with Crippen LogP contribution in [0.2, 0.25) is 0 Å². The van der Waals surface area contributed by atoms with Crippen molar-refractivity contribution in [2.45, 2.75) is 5.22 Å². The summed E-state index contributed by atoms with van der Waals surface area (Å²) in [5.74, 6) is 1.85. The van der Waals surface area contributed by atoms with Crippen LogP contribution in [0, 0.1) is 0 Å². The van der Waals surface area contributed by atoms with Gasteiger partial charge in [-0.3, -0.25) is 4.79 Å². The summed E-state index contributed by atoms with van der Waals surface area (Å²) < 4.78 is 11.5. The predicted molar refractivity (Wildman–Crippen MR) is 124 cm³/mol. The molecule has 0 saturated heterocycles. The van der Waals surface area contributed by atoms with E-state index in [2.05, 4.69) is 20.5 Å². The van der Waals surface area contributed by atoms with Crippen LogP contribution in [-0.2, 0) is 4.79 Å². The van der Waals surface area contributed by atoms with E-state index < -0.39 is 0 Å². The molecule has 0 unspecified atom stereocenters. The highest BCUT2D eigenvalue weighted by Crippen LogP contribution is 2.29. The fraction of sp³-hybridized carbons (Fsp3) is 0.0417. The number of aromatic amines is 1. The van der Waals surface area contributed by atoms with Gasteiger partial charge in [-0.15, -0.1) is 10.2 Å². The Labute approximate surface area is 187 Å². The predicted octanol–water partition coefficient (Wildman–Crippen LogP) is 5.74. The van der Waals surface area contributed by atoms with Crippen molar-refractivity contribution < 1.29 is 13.9 Å². The van der Waals surface area contributed by atoms with Gasteiger partial charge in [0, 0.05) is 22.8 Å². The Morgan fingerprint density at radius 3 is 2.53 bits per heavy atom. The highest BCUT2D eigenvalue weighted by molar-refractivity contribution is 7.99. The van der Waals surface area contributed by atoms with Crippen LogP contribution in [0.1, 0.15) is 0 Å². The number of fused-ring (bicyclic) bond motifs is 1. The molecule has 0 saturated carbocycles. The van der Waals surface area contributed by atoms with Gasteiger partial charge in [-0.25, -0.2) is 0 Å². The molecule has 0 fully saturated rings. The first kappa shape index (κ1) is 19.9.